The average molecular weight is 373 g/mol. The Kier molecular flexibility index (Phi) is 6.37. The van der Waals surface area contributed by atoms with E-state index in [0.29, 0.717) is 38.6 Å². The molecule has 27 heavy (non-hydrogen) atoms. The first-order valence-corrected chi connectivity index (χ1v) is 9.88. The molecule has 0 saturated carbocycles. The van der Waals surface area contributed by atoms with Crippen molar-refractivity contribution in [1.82, 2.24) is 15.1 Å². The van der Waals surface area contributed by atoms with Crippen LogP contribution in [0.4, 0.5) is 4.79 Å². The van der Waals surface area contributed by atoms with E-state index in [1.807, 2.05) is 49.3 Å². The summed E-state index contributed by atoms with van der Waals surface area (Å²) in [6, 6.07) is 9.93. The van der Waals surface area contributed by atoms with Crippen molar-refractivity contribution in [3.8, 4) is 0 Å². The summed E-state index contributed by atoms with van der Waals surface area (Å²) in [4.78, 5) is 28.0. The number of nitrogens with zero attached hydrogens (tertiary/aromatic N) is 2. The van der Waals surface area contributed by atoms with E-state index in [9.17, 15) is 9.59 Å². The van der Waals surface area contributed by atoms with Gasteiger partial charge >= 0.3 is 6.03 Å². The molecule has 6 heteroatoms. The van der Waals surface area contributed by atoms with E-state index in [4.69, 9.17) is 4.74 Å². The molecule has 148 valence electrons. The second-order valence-electron chi connectivity index (χ2n) is 8.01. The fourth-order valence-corrected chi connectivity index (χ4v) is 4.08. The van der Waals surface area contributed by atoms with Crippen LogP contribution in [-0.4, -0.2) is 61.1 Å². The van der Waals surface area contributed by atoms with Crippen molar-refractivity contribution in [3.63, 3.8) is 0 Å². The van der Waals surface area contributed by atoms with Gasteiger partial charge in [-0.05, 0) is 37.2 Å². The lowest BCUT2D eigenvalue weighted by molar-refractivity contribution is -0.138. The van der Waals surface area contributed by atoms with Crippen LogP contribution in [0.25, 0.3) is 0 Å². The zero-order valence-electron chi connectivity index (χ0n) is 16.4. The molecule has 0 aromatic heterocycles. The van der Waals surface area contributed by atoms with Gasteiger partial charge in [0.1, 0.15) is 0 Å². The molecule has 1 N–H and O–H groups in total. The Balaban J connectivity index is 1.47. The molecule has 3 amide bonds. The third-order valence-electron chi connectivity index (χ3n) is 5.81. The topological polar surface area (TPSA) is 61.9 Å². The predicted octanol–water partition coefficient (Wildman–Crippen LogP) is 2.64. The molecular weight excluding hydrogens is 342 g/mol. The Hall–Kier alpha value is -2.08. The Morgan fingerprint density at radius 2 is 1.93 bits per heavy atom. The number of piperidine rings is 1. The smallest absolute Gasteiger partial charge is 0.317 e. The monoisotopic (exact) mass is 373 g/mol. The summed E-state index contributed by atoms with van der Waals surface area (Å²) in [6.07, 6.45) is 4.16. The first-order chi connectivity index (χ1) is 13.0. The lowest BCUT2D eigenvalue weighted by atomic mass is 9.78. The van der Waals surface area contributed by atoms with Crippen LogP contribution in [0.15, 0.2) is 30.3 Å². The number of amides is 3. The van der Waals surface area contributed by atoms with Crippen LogP contribution in [0, 0.1) is 5.92 Å². The van der Waals surface area contributed by atoms with Gasteiger partial charge in [-0.3, -0.25) is 4.79 Å². The molecule has 3 rings (SSSR count). The number of nitrogens with one attached hydrogen (secondary N) is 1. The van der Waals surface area contributed by atoms with Gasteiger partial charge in [-0.15, -0.1) is 0 Å². The molecule has 0 bridgehead atoms. The van der Waals surface area contributed by atoms with Crippen molar-refractivity contribution >= 4 is 11.9 Å². The minimum absolute atomic E-state index is 0.0103. The van der Waals surface area contributed by atoms with Gasteiger partial charge < -0.3 is 19.9 Å². The summed E-state index contributed by atoms with van der Waals surface area (Å²) in [7, 11) is 3.62. The Morgan fingerprint density at radius 3 is 2.59 bits per heavy atom. The largest absolute Gasteiger partial charge is 0.375 e. The van der Waals surface area contributed by atoms with Gasteiger partial charge in [0.25, 0.3) is 0 Å². The summed E-state index contributed by atoms with van der Waals surface area (Å²) in [5, 5.41) is 3.00. The summed E-state index contributed by atoms with van der Waals surface area (Å²) in [5.41, 5.74) is 0.939. The Labute approximate surface area is 161 Å². The van der Waals surface area contributed by atoms with Crippen molar-refractivity contribution in [2.45, 2.75) is 44.2 Å². The number of rotatable bonds is 4. The van der Waals surface area contributed by atoms with Crippen LogP contribution in [0.3, 0.4) is 0 Å². The molecule has 1 spiro atoms. The van der Waals surface area contributed by atoms with E-state index >= 15 is 0 Å². The van der Waals surface area contributed by atoms with E-state index in [-0.39, 0.29) is 17.5 Å². The van der Waals surface area contributed by atoms with E-state index in [1.165, 1.54) is 0 Å². The number of likely N-dealkylation sites (tertiary alicyclic amines) is 1. The third kappa shape index (κ3) is 5.22. The zero-order valence-corrected chi connectivity index (χ0v) is 16.4. The van der Waals surface area contributed by atoms with Crippen LogP contribution < -0.4 is 5.32 Å². The number of hydrogen-bond donors (Lipinski definition) is 1. The summed E-state index contributed by atoms with van der Waals surface area (Å²) in [6.45, 7) is 2.67. The van der Waals surface area contributed by atoms with Crippen molar-refractivity contribution < 1.29 is 14.3 Å². The minimum Gasteiger partial charge on any atom is -0.375 e. The number of carbonyl (C=O) groups is 2. The van der Waals surface area contributed by atoms with Crippen LogP contribution in [0.1, 0.15) is 37.7 Å². The molecule has 2 aliphatic heterocycles. The molecule has 1 unspecified atom stereocenters. The third-order valence-corrected chi connectivity index (χ3v) is 5.81. The first-order valence-electron chi connectivity index (χ1n) is 9.88. The molecule has 0 aliphatic carbocycles. The van der Waals surface area contributed by atoms with Gasteiger partial charge in [-0.2, -0.15) is 0 Å². The molecule has 6 nitrogen and oxygen atoms in total. The first kappa shape index (κ1) is 19.7. The Bertz CT molecular complexity index is 639. The van der Waals surface area contributed by atoms with Gasteiger partial charge in [0.15, 0.2) is 0 Å². The van der Waals surface area contributed by atoms with E-state index in [0.717, 1.165) is 31.2 Å². The van der Waals surface area contributed by atoms with Crippen LogP contribution in [-0.2, 0) is 16.1 Å². The zero-order chi connectivity index (χ0) is 19.3. The lowest BCUT2D eigenvalue weighted by Crippen LogP contribution is -2.53. The van der Waals surface area contributed by atoms with Gasteiger partial charge in [0, 0.05) is 46.8 Å². The number of benzene rings is 1. The summed E-state index contributed by atoms with van der Waals surface area (Å²) >= 11 is 0. The summed E-state index contributed by atoms with van der Waals surface area (Å²) < 4.78 is 6.15. The van der Waals surface area contributed by atoms with Gasteiger partial charge in [-0.1, -0.05) is 30.3 Å². The van der Waals surface area contributed by atoms with Crippen LogP contribution in [0.2, 0.25) is 0 Å². The highest BCUT2D eigenvalue weighted by molar-refractivity contribution is 5.76. The molecule has 2 saturated heterocycles. The molecule has 2 fully saturated rings. The number of carbonyl (C=O) groups excluding carboxylic acids is 2. The number of urea groups is 1. The standard InChI is InChI=1S/C21H31N3O3/c1-23(2)19(25)14-18-8-13-27-21(15-18)9-11-24(12-10-21)20(26)22-16-17-6-4-3-5-7-17/h3-7,18H,8-16H2,1-2H3,(H,22,26). The van der Waals surface area contributed by atoms with Gasteiger partial charge in [-0.25, -0.2) is 4.79 Å². The highest BCUT2D eigenvalue weighted by Gasteiger charge is 2.41. The maximum Gasteiger partial charge on any atom is 0.317 e. The van der Waals surface area contributed by atoms with E-state index in [2.05, 4.69) is 5.32 Å². The molecular formula is C21H31N3O3. The Morgan fingerprint density at radius 1 is 1.22 bits per heavy atom. The van der Waals surface area contributed by atoms with Gasteiger partial charge in [0.2, 0.25) is 5.91 Å². The molecule has 0 radical (unpaired) electrons. The van der Waals surface area contributed by atoms with E-state index < -0.39 is 0 Å². The maximum atomic E-state index is 12.5. The van der Waals surface area contributed by atoms with Crippen molar-refractivity contribution in [2.75, 3.05) is 33.8 Å². The van der Waals surface area contributed by atoms with Gasteiger partial charge in [0.05, 0.1) is 5.60 Å². The van der Waals surface area contributed by atoms with Crippen LogP contribution >= 0.6 is 0 Å². The van der Waals surface area contributed by atoms with E-state index in [1.54, 1.807) is 4.90 Å². The normalized spacial score (nSPS) is 21.7. The quantitative estimate of drug-likeness (QED) is 0.883. The average Bonchev–Trinajstić information content (AvgIpc) is 2.67. The lowest BCUT2D eigenvalue weighted by Gasteiger charge is -2.46. The SMILES string of the molecule is CN(C)C(=O)CC1CCOC2(CCN(C(=O)NCc3ccccc3)CC2)C1. The highest BCUT2D eigenvalue weighted by Crippen LogP contribution is 2.38. The molecule has 1 aromatic rings. The van der Waals surface area contributed by atoms with Crippen molar-refractivity contribution in [1.29, 1.82) is 0 Å². The molecule has 1 atom stereocenters. The molecule has 2 heterocycles. The predicted molar refractivity (Wildman–Crippen MR) is 104 cm³/mol. The highest BCUT2D eigenvalue weighted by atomic mass is 16.5. The van der Waals surface area contributed by atoms with Crippen molar-refractivity contribution in [2.24, 2.45) is 5.92 Å². The van der Waals surface area contributed by atoms with Crippen molar-refractivity contribution in [3.05, 3.63) is 35.9 Å². The second-order valence-corrected chi connectivity index (χ2v) is 8.01. The fraction of sp³-hybridized carbons (Fsp3) is 0.619. The van der Waals surface area contributed by atoms with Crippen LogP contribution in [0.5, 0.6) is 0 Å². The minimum atomic E-state index is -0.161. The number of ether oxygens (including phenoxy) is 1. The molecule has 2 aliphatic rings. The maximum absolute atomic E-state index is 12.5. The molecule has 1 aromatic carbocycles. The second kappa shape index (κ2) is 8.74. The summed E-state index contributed by atoms with van der Waals surface area (Å²) in [5.74, 6) is 0.571. The fourth-order valence-electron chi connectivity index (χ4n) is 4.08. The number of hydrogen-bond acceptors (Lipinski definition) is 3.